The van der Waals surface area contributed by atoms with Crippen molar-refractivity contribution in [3.8, 4) is 0 Å². The van der Waals surface area contributed by atoms with Gasteiger partial charge in [0.05, 0.1) is 11.5 Å². The number of sulfone groups is 1. The van der Waals surface area contributed by atoms with E-state index in [4.69, 9.17) is 5.73 Å². The molecule has 1 saturated heterocycles. The fourth-order valence-corrected chi connectivity index (χ4v) is 3.82. The summed E-state index contributed by atoms with van der Waals surface area (Å²) >= 11 is 0. The second-order valence-corrected chi connectivity index (χ2v) is 6.36. The van der Waals surface area contributed by atoms with E-state index in [0.29, 0.717) is 17.4 Å². The van der Waals surface area contributed by atoms with Gasteiger partial charge in [0.15, 0.2) is 9.84 Å². The summed E-state index contributed by atoms with van der Waals surface area (Å²) in [5.41, 5.74) is 5.89. The predicted molar refractivity (Wildman–Crippen MR) is 58.8 cm³/mol. The van der Waals surface area contributed by atoms with Crippen molar-refractivity contribution in [1.29, 1.82) is 0 Å². The molecule has 1 rings (SSSR count). The molecule has 0 aromatic rings. The van der Waals surface area contributed by atoms with Crippen LogP contribution in [0.15, 0.2) is 12.7 Å². The molecular weight excluding hydrogens is 198 g/mol. The fraction of sp³-hybridized carbons (Fsp3) is 0.800. The Labute approximate surface area is 86.3 Å². The molecule has 0 radical (unpaired) electrons. The minimum atomic E-state index is -2.74. The third-order valence-corrected chi connectivity index (χ3v) is 4.54. The zero-order valence-electron chi connectivity index (χ0n) is 8.48. The predicted octanol–water partition coefficient (Wildman–Crippen LogP) is 1.10. The van der Waals surface area contributed by atoms with E-state index < -0.39 is 9.84 Å². The van der Waals surface area contributed by atoms with E-state index in [1.807, 2.05) is 6.08 Å². The maximum Gasteiger partial charge on any atom is 0.150 e. The topological polar surface area (TPSA) is 60.2 Å². The molecule has 82 valence electrons. The summed E-state index contributed by atoms with van der Waals surface area (Å²) in [4.78, 5) is 0. The van der Waals surface area contributed by atoms with Gasteiger partial charge in [-0.3, -0.25) is 0 Å². The third kappa shape index (κ3) is 3.80. The molecular formula is C10H19NO2S. The van der Waals surface area contributed by atoms with Crippen LogP contribution < -0.4 is 5.73 Å². The average molecular weight is 217 g/mol. The molecule has 1 heterocycles. The largest absolute Gasteiger partial charge is 0.328 e. The SMILES string of the molecule is C=CCCC(N)CC1CCS(=O)(=O)C1. The van der Waals surface area contributed by atoms with Gasteiger partial charge < -0.3 is 5.73 Å². The normalized spacial score (nSPS) is 27.4. The summed E-state index contributed by atoms with van der Waals surface area (Å²) in [6, 6.07) is 0.131. The van der Waals surface area contributed by atoms with Gasteiger partial charge in [0.1, 0.15) is 0 Å². The lowest BCUT2D eigenvalue weighted by atomic mass is 9.97. The van der Waals surface area contributed by atoms with Gasteiger partial charge in [0, 0.05) is 6.04 Å². The summed E-state index contributed by atoms with van der Waals surface area (Å²) < 4.78 is 22.4. The van der Waals surface area contributed by atoms with Crippen molar-refractivity contribution in [2.75, 3.05) is 11.5 Å². The molecule has 0 bridgehead atoms. The van der Waals surface area contributed by atoms with Gasteiger partial charge in [0.2, 0.25) is 0 Å². The number of rotatable bonds is 5. The van der Waals surface area contributed by atoms with Crippen LogP contribution in [0, 0.1) is 5.92 Å². The van der Waals surface area contributed by atoms with Gasteiger partial charge in [-0.15, -0.1) is 6.58 Å². The van der Waals surface area contributed by atoms with Crippen LogP contribution in [0.4, 0.5) is 0 Å². The highest BCUT2D eigenvalue weighted by Crippen LogP contribution is 2.23. The molecule has 14 heavy (non-hydrogen) atoms. The van der Waals surface area contributed by atoms with Crippen LogP contribution in [0.2, 0.25) is 0 Å². The molecule has 3 nitrogen and oxygen atoms in total. The van der Waals surface area contributed by atoms with E-state index in [0.717, 1.165) is 25.7 Å². The van der Waals surface area contributed by atoms with E-state index >= 15 is 0 Å². The van der Waals surface area contributed by atoms with E-state index in [2.05, 4.69) is 6.58 Å². The molecule has 4 heteroatoms. The Balaban J connectivity index is 2.28. The van der Waals surface area contributed by atoms with Crippen molar-refractivity contribution in [1.82, 2.24) is 0 Å². The Morgan fingerprint density at radius 1 is 1.57 bits per heavy atom. The standard InChI is InChI=1S/C10H19NO2S/c1-2-3-4-10(11)7-9-5-6-14(12,13)8-9/h2,9-10H,1,3-8,11H2. The second kappa shape index (κ2) is 4.94. The molecule has 1 fully saturated rings. The maximum atomic E-state index is 11.2. The van der Waals surface area contributed by atoms with Crippen molar-refractivity contribution >= 4 is 9.84 Å². The van der Waals surface area contributed by atoms with Crippen LogP contribution in [0.25, 0.3) is 0 Å². The van der Waals surface area contributed by atoms with Crippen molar-refractivity contribution in [2.24, 2.45) is 11.7 Å². The number of hydrogen-bond acceptors (Lipinski definition) is 3. The Morgan fingerprint density at radius 2 is 2.29 bits per heavy atom. The summed E-state index contributed by atoms with van der Waals surface area (Å²) in [5.74, 6) is 0.987. The summed E-state index contributed by atoms with van der Waals surface area (Å²) in [7, 11) is -2.74. The first-order chi connectivity index (χ1) is 6.53. The van der Waals surface area contributed by atoms with Crippen molar-refractivity contribution in [3.63, 3.8) is 0 Å². The molecule has 0 amide bonds. The number of hydrogen-bond donors (Lipinski definition) is 1. The minimum Gasteiger partial charge on any atom is -0.328 e. The smallest absolute Gasteiger partial charge is 0.150 e. The molecule has 0 saturated carbocycles. The van der Waals surface area contributed by atoms with E-state index in [9.17, 15) is 8.42 Å². The van der Waals surface area contributed by atoms with Gasteiger partial charge in [-0.25, -0.2) is 8.42 Å². The van der Waals surface area contributed by atoms with Crippen molar-refractivity contribution in [3.05, 3.63) is 12.7 Å². The molecule has 1 aliphatic rings. The molecule has 2 atom stereocenters. The zero-order valence-corrected chi connectivity index (χ0v) is 9.30. The average Bonchev–Trinajstić information content (AvgIpc) is 2.42. The fourth-order valence-electron chi connectivity index (χ4n) is 1.94. The third-order valence-electron chi connectivity index (χ3n) is 2.70. The molecule has 0 spiro atoms. The highest BCUT2D eigenvalue weighted by molar-refractivity contribution is 7.91. The lowest BCUT2D eigenvalue weighted by Gasteiger charge is -2.14. The Kier molecular flexibility index (Phi) is 4.13. The first kappa shape index (κ1) is 11.7. The van der Waals surface area contributed by atoms with Crippen LogP contribution in [0.3, 0.4) is 0 Å². The molecule has 2 N–H and O–H groups in total. The van der Waals surface area contributed by atoms with Crippen LogP contribution in [-0.4, -0.2) is 26.0 Å². The zero-order chi connectivity index (χ0) is 10.6. The molecule has 0 aliphatic carbocycles. The summed E-state index contributed by atoms with van der Waals surface area (Å²) in [6.07, 6.45) is 5.32. The summed E-state index contributed by atoms with van der Waals surface area (Å²) in [6.45, 7) is 3.64. The Morgan fingerprint density at radius 3 is 2.79 bits per heavy atom. The van der Waals surface area contributed by atoms with Gasteiger partial charge in [-0.05, 0) is 31.6 Å². The first-order valence-electron chi connectivity index (χ1n) is 5.10. The first-order valence-corrected chi connectivity index (χ1v) is 6.92. The van der Waals surface area contributed by atoms with Gasteiger partial charge in [0.25, 0.3) is 0 Å². The van der Waals surface area contributed by atoms with Crippen molar-refractivity contribution in [2.45, 2.75) is 31.7 Å². The van der Waals surface area contributed by atoms with Gasteiger partial charge in [-0.2, -0.15) is 0 Å². The van der Waals surface area contributed by atoms with Crippen LogP contribution >= 0.6 is 0 Å². The molecule has 0 aromatic heterocycles. The number of allylic oxidation sites excluding steroid dienone is 1. The number of nitrogens with two attached hydrogens (primary N) is 1. The lowest BCUT2D eigenvalue weighted by Crippen LogP contribution is -2.23. The molecule has 2 unspecified atom stereocenters. The van der Waals surface area contributed by atoms with E-state index in [1.165, 1.54) is 0 Å². The van der Waals surface area contributed by atoms with Crippen molar-refractivity contribution < 1.29 is 8.42 Å². The summed E-state index contributed by atoms with van der Waals surface area (Å²) in [5, 5.41) is 0. The Bertz CT molecular complexity index is 284. The maximum absolute atomic E-state index is 11.2. The van der Waals surface area contributed by atoms with Crippen LogP contribution in [-0.2, 0) is 9.84 Å². The highest BCUT2D eigenvalue weighted by Gasteiger charge is 2.28. The highest BCUT2D eigenvalue weighted by atomic mass is 32.2. The monoisotopic (exact) mass is 217 g/mol. The van der Waals surface area contributed by atoms with Gasteiger partial charge in [-0.1, -0.05) is 6.08 Å². The van der Waals surface area contributed by atoms with Crippen LogP contribution in [0.5, 0.6) is 0 Å². The second-order valence-electron chi connectivity index (χ2n) is 4.13. The molecule has 1 aliphatic heterocycles. The Hall–Kier alpha value is -0.350. The van der Waals surface area contributed by atoms with E-state index in [-0.39, 0.29) is 6.04 Å². The van der Waals surface area contributed by atoms with E-state index in [1.54, 1.807) is 0 Å². The van der Waals surface area contributed by atoms with Crippen LogP contribution in [0.1, 0.15) is 25.7 Å². The minimum absolute atomic E-state index is 0.131. The quantitative estimate of drug-likeness (QED) is 0.702. The lowest BCUT2D eigenvalue weighted by molar-refractivity contribution is 0.454. The molecule has 0 aromatic carbocycles. The van der Waals surface area contributed by atoms with Gasteiger partial charge >= 0.3 is 0 Å².